The van der Waals surface area contributed by atoms with Gasteiger partial charge < -0.3 is 15.3 Å². The minimum absolute atomic E-state index is 0.0467. The molecule has 2 N–H and O–H groups in total. The number of hydrogen-bond acceptors (Lipinski definition) is 6. The lowest BCUT2D eigenvalue weighted by atomic mass is 10.0. The highest BCUT2D eigenvalue weighted by atomic mass is 32.2. The van der Waals surface area contributed by atoms with Crippen molar-refractivity contribution in [3.63, 3.8) is 0 Å². The molecule has 0 spiro atoms. The first-order valence-corrected chi connectivity index (χ1v) is 12.7. The number of pyridine rings is 1. The number of rotatable bonds is 3. The summed E-state index contributed by atoms with van der Waals surface area (Å²) < 4.78 is 25.6. The van der Waals surface area contributed by atoms with E-state index in [4.69, 9.17) is 4.98 Å². The van der Waals surface area contributed by atoms with E-state index in [2.05, 4.69) is 5.32 Å². The fourth-order valence-corrected chi connectivity index (χ4v) is 5.95. The molecule has 9 nitrogen and oxygen atoms in total. The van der Waals surface area contributed by atoms with Crippen LogP contribution in [0.4, 0.5) is 16.3 Å². The SMILES string of the molecule is Cc1ccc2nc(N3CCS(=O)(=O)c4ccccc4C3)cc(NC(=O)C3CCN3C(=O)O)c2c1. The van der Waals surface area contributed by atoms with Crippen LogP contribution in [-0.4, -0.2) is 60.3 Å². The summed E-state index contributed by atoms with van der Waals surface area (Å²) in [5.41, 5.74) is 2.86. The number of nitrogens with zero attached hydrogens (tertiary/aromatic N) is 3. The number of carboxylic acid groups (broad SMARTS) is 1. The molecule has 1 fully saturated rings. The second kappa shape index (κ2) is 8.28. The molecule has 3 aromatic rings. The van der Waals surface area contributed by atoms with E-state index in [1.54, 1.807) is 24.3 Å². The maximum atomic E-state index is 12.9. The van der Waals surface area contributed by atoms with Gasteiger partial charge in [0.25, 0.3) is 0 Å². The highest BCUT2D eigenvalue weighted by Crippen LogP contribution is 2.32. The summed E-state index contributed by atoms with van der Waals surface area (Å²) in [7, 11) is -3.42. The summed E-state index contributed by atoms with van der Waals surface area (Å²) in [5, 5.41) is 12.9. The van der Waals surface area contributed by atoms with Crippen molar-refractivity contribution in [2.24, 2.45) is 0 Å². The Morgan fingerprint density at radius 1 is 1.12 bits per heavy atom. The number of carbonyl (C=O) groups excluding carboxylic acids is 1. The molecule has 3 heterocycles. The number of aryl methyl sites for hydroxylation is 1. The second-order valence-corrected chi connectivity index (χ2v) is 10.7. The predicted octanol–water partition coefficient (Wildman–Crippen LogP) is 3.03. The number of benzene rings is 2. The minimum atomic E-state index is -3.42. The fraction of sp³-hybridized carbons (Fsp3) is 0.292. The Labute approximate surface area is 196 Å². The maximum Gasteiger partial charge on any atom is 0.407 e. The third-order valence-electron chi connectivity index (χ3n) is 6.40. The van der Waals surface area contributed by atoms with Crippen LogP contribution in [0.5, 0.6) is 0 Å². The molecule has 0 bridgehead atoms. The normalized spacial score (nSPS) is 19.1. The average molecular weight is 481 g/mol. The van der Waals surface area contributed by atoms with Crippen LogP contribution in [0.15, 0.2) is 53.4 Å². The van der Waals surface area contributed by atoms with E-state index in [-0.39, 0.29) is 12.3 Å². The highest BCUT2D eigenvalue weighted by Gasteiger charge is 2.38. The van der Waals surface area contributed by atoms with Gasteiger partial charge in [0.1, 0.15) is 11.9 Å². The summed E-state index contributed by atoms with van der Waals surface area (Å²) in [6.07, 6.45) is -0.652. The van der Waals surface area contributed by atoms with Crippen LogP contribution in [0, 0.1) is 6.92 Å². The monoisotopic (exact) mass is 480 g/mol. The lowest BCUT2D eigenvalue weighted by Gasteiger charge is -2.37. The van der Waals surface area contributed by atoms with Crippen molar-refractivity contribution in [2.45, 2.75) is 30.8 Å². The molecule has 1 unspecified atom stereocenters. The summed E-state index contributed by atoms with van der Waals surface area (Å²) in [4.78, 5) is 32.3. The van der Waals surface area contributed by atoms with Crippen molar-refractivity contribution in [3.05, 3.63) is 59.7 Å². The van der Waals surface area contributed by atoms with Crippen LogP contribution in [0.1, 0.15) is 17.5 Å². The lowest BCUT2D eigenvalue weighted by Crippen LogP contribution is -2.56. The quantitative estimate of drug-likeness (QED) is 0.591. The lowest BCUT2D eigenvalue weighted by molar-refractivity contribution is -0.124. The smallest absolute Gasteiger partial charge is 0.407 e. The topological polar surface area (TPSA) is 120 Å². The zero-order chi connectivity index (χ0) is 24.0. The Bertz CT molecular complexity index is 1420. The van der Waals surface area contributed by atoms with Gasteiger partial charge in [-0.15, -0.1) is 0 Å². The Morgan fingerprint density at radius 2 is 1.91 bits per heavy atom. The van der Waals surface area contributed by atoms with Crippen molar-refractivity contribution >= 4 is 44.2 Å². The van der Waals surface area contributed by atoms with Crippen molar-refractivity contribution < 1.29 is 23.1 Å². The van der Waals surface area contributed by atoms with Crippen LogP contribution < -0.4 is 10.2 Å². The van der Waals surface area contributed by atoms with Crippen molar-refractivity contribution in [2.75, 3.05) is 29.1 Å². The predicted molar refractivity (Wildman–Crippen MR) is 128 cm³/mol. The van der Waals surface area contributed by atoms with Gasteiger partial charge >= 0.3 is 6.09 Å². The molecule has 2 aliphatic rings. The van der Waals surface area contributed by atoms with Gasteiger partial charge in [0.15, 0.2) is 9.84 Å². The standard InChI is InChI=1S/C24H24N4O5S/c1-15-6-7-18-17(12-15)19(26-23(29)20-8-9-28(20)24(30)31)13-22(25-18)27-10-11-34(32,33)21-5-3-2-4-16(21)14-27/h2-7,12-13,20H,8-11,14H2,1H3,(H,30,31)(H,25,26,29). The van der Waals surface area contributed by atoms with Crippen LogP contribution in [0.25, 0.3) is 10.9 Å². The number of nitrogens with one attached hydrogen (secondary N) is 1. The van der Waals surface area contributed by atoms with Crippen LogP contribution in [-0.2, 0) is 21.2 Å². The number of amides is 2. The van der Waals surface area contributed by atoms with E-state index in [0.29, 0.717) is 47.0 Å². The Morgan fingerprint density at radius 3 is 2.65 bits per heavy atom. The molecule has 0 radical (unpaired) electrons. The van der Waals surface area contributed by atoms with Gasteiger partial charge in [0, 0.05) is 31.1 Å². The molecule has 176 valence electrons. The molecular weight excluding hydrogens is 456 g/mol. The van der Waals surface area contributed by atoms with Gasteiger partial charge in [-0.25, -0.2) is 18.2 Å². The van der Waals surface area contributed by atoms with Crippen LogP contribution in [0.3, 0.4) is 0 Å². The van der Waals surface area contributed by atoms with Crippen LogP contribution >= 0.6 is 0 Å². The van der Waals surface area contributed by atoms with Crippen LogP contribution in [0.2, 0.25) is 0 Å². The molecule has 2 aromatic carbocycles. The molecule has 0 saturated carbocycles. The van der Waals surface area contributed by atoms with E-state index >= 15 is 0 Å². The Hall–Kier alpha value is -3.66. The third-order valence-corrected chi connectivity index (χ3v) is 8.19. The van der Waals surface area contributed by atoms with E-state index in [1.807, 2.05) is 36.1 Å². The molecule has 1 aromatic heterocycles. The highest BCUT2D eigenvalue weighted by molar-refractivity contribution is 7.91. The summed E-state index contributed by atoms with van der Waals surface area (Å²) in [6.45, 7) is 2.89. The van der Waals surface area contributed by atoms with Gasteiger partial charge in [-0.1, -0.05) is 29.8 Å². The number of fused-ring (bicyclic) bond motifs is 2. The number of hydrogen-bond donors (Lipinski definition) is 2. The fourth-order valence-electron chi connectivity index (χ4n) is 4.45. The van der Waals surface area contributed by atoms with E-state index in [1.165, 1.54) is 0 Å². The number of likely N-dealkylation sites (tertiary alicyclic amines) is 1. The summed E-state index contributed by atoms with van der Waals surface area (Å²) in [5.74, 6) is 0.106. The molecule has 1 saturated heterocycles. The first kappa shape index (κ1) is 22.1. The van der Waals surface area contributed by atoms with Gasteiger partial charge in [0.2, 0.25) is 5.91 Å². The number of carbonyl (C=O) groups is 2. The average Bonchev–Trinajstić information content (AvgIpc) is 2.89. The van der Waals surface area contributed by atoms with Crippen molar-refractivity contribution in [1.29, 1.82) is 0 Å². The zero-order valence-corrected chi connectivity index (χ0v) is 19.4. The first-order chi connectivity index (χ1) is 16.2. The summed E-state index contributed by atoms with van der Waals surface area (Å²) in [6, 6.07) is 13.7. The molecule has 34 heavy (non-hydrogen) atoms. The van der Waals surface area contributed by atoms with Gasteiger partial charge in [-0.2, -0.15) is 0 Å². The third kappa shape index (κ3) is 3.94. The molecular formula is C24H24N4O5S. The van der Waals surface area contributed by atoms with Crippen molar-refractivity contribution in [1.82, 2.24) is 9.88 Å². The Kier molecular flexibility index (Phi) is 5.40. The van der Waals surface area contributed by atoms with Gasteiger partial charge in [0.05, 0.1) is 21.9 Å². The molecule has 1 atom stereocenters. The number of sulfone groups is 1. The molecule has 5 rings (SSSR count). The molecule has 0 aliphatic carbocycles. The minimum Gasteiger partial charge on any atom is -0.465 e. The van der Waals surface area contributed by atoms with E-state index in [0.717, 1.165) is 15.8 Å². The summed E-state index contributed by atoms with van der Waals surface area (Å²) >= 11 is 0. The maximum absolute atomic E-state index is 12.9. The first-order valence-electron chi connectivity index (χ1n) is 11.0. The Balaban J connectivity index is 1.54. The van der Waals surface area contributed by atoms with Gasteiger partial charge in [-0.3, -0.25) is 9.69 Å². The zero-order valence-electron chi connectivity index (χ0n) is 18.6. The number of anilines is 2. The van der Waals surface area contributed by atoms with E-state index < -0.39 is 27.9 Å². The second-order valence-electron chi connectivity index (χ2n) is 8.67. The molecule has 2 aliphatic heterocycles. The number of aromatic nitrogens is 1. The van der Waals surface area contributed by atoms with E-state index in [9.17, 15) is 23.1 Å². The largest absolute Gasteiger partial charge is 0.465 e. The molecule has 10 heteroatoms. The van der Waals surface area contributed by atoms with Crippen molar-refractivity contribution in [3.8, 4) is 0 Å². The van der Waals surface area contributed by atoms with Gasteiger partial charge in [-0.05, 0) is 37.1 Å². The molecule has 2 amide bonds.